The average molecular weight is 468 g/mol. The van der Waals surface area contributed by atoms with Crippen molar-refractivity contribution in [3.63, 3.8) is 0 Å². The minimum absolute atomic E-state index is 0.153. The van der Waals surface area contributed by atoms with Gasteiger partial charge >= 0.3 is 0 Å². The summed E-state index contributed by atoms with van der Waals surface area (Å²) in [6.45, 7) is 0.443. The van der Waals surface area contributed by atoms with Crippen LogP contribution in [0.15, 0.2) is 83.3 Å². The zero-order chi connectivity index (χ0) is 20.6. The minimum atomic E-state index is -0.313. The summed E-state index contributed by atoms with van der Waals surface area (Å²) in [6, 6.07) is 23.5. The molecule has 0 aliphatic rings. The lowest BCUT2D eigenvalue weighted by atomic mass is 10.1. The van der Waals surface area contributed by atoms with Crippen molar-refractivity contribution in [2.24, 2.45) is 0 Å². The number of anilines is 1. The van der Waals surface area contributed by atoms with Gasteiger partial charge in [-0.15, -0.1) is 0 Å². The molecule has 29 heavy (non-hydrogen) atoms. The number of hydrogen-bond donors (Lipinski definition) is 3. The second-order valence-electron chi connectivity index (χ2n) is 6.16. The van der Waals surface area contributed by atoms with Gasteiger partial charge in [0.25, 0.3) is 11.8 Å². The summed E-state index contributed by atoms with van der Waals surface area (Å²) in [6.07, 6.45) is 0. The minimum Gasteiger partial charge on any atom is -0.348 e. The van der Waals surface area contributed by atoms with Gasteiger partial charge in [0.1, 0.15) is 0 Å². The number of nitrogens with one attached hydrogen (secondary N) is 3. The first-order chi connectivity index (χ1) is 14.0. The summed E-state index contributed by atoms with van der Waals surface area (Å²) in [4.78, 5) is 24.6. The van der Waals surface area contributed by atoms with E-state index in [9.17, 15) is 9.59 Å². The van der Waals surface area contributed by atoms with Gasteiger partial charge in [-0.3, -0.25) is 14.9 Å². The third kappa shape index (κ3) is 6.23. The van der Waals surface area contributed by atoms with E-state index in [0.717, 1.165) is 10.0 Å². The van der Waals surface area contributed by atoms with Gasteiger partial charge < -0.3 is 10.6 Å². The highest BCUT2D eigenvalue weighted by Gasteiger charge is 2.10. The van der Waals surface area contributed by atoms with Crippen LogP contribution in [-0.2, 0) is 6.54 Å². The summed E-state index contributed by atoms with van der Waals surface area (Å²) >= 11 is 8.54. The number of carbonyl (C=O) groups is 2. The van der Waals surface area contributed by atoms with Crippen molar-refractivity contribution in [1.29, 1.82) is 0 Å². The molecule has 0 heterocycles. The van der Waals surface area contributed by atoms with Crippen molar-refractivity contribution in [1.82, 2.24) is 10.6 Å². The molecule has 3 rings (SSSR count). The van der Waals surface area contributed by atoms with Crippen molar-refractivity contribution in [3.05, 3.63) is 100 Å². The van der Waals surface area contributed by atoms with E-state index >= 15 is 0 Å². The number of halogens is 1. The lowest BCUT2D eigenvalue weighted by molar-refractivity contribution is 0.0948. The first-order valence-corrected chi connectivity index (χ1v) is 10.0. The summed E-state index contributed by atoms with van der Waals surface area (Å²) in [5.74, 6) is -0.505. The smallest absolute Gasteiger partial charge is 0.257 e. The van der Waals surface area contributed by atoms with E-state index in [1.54, 1.807) is 48.5 Å². The maximum atomic E-state index is 12.4. The Morgan fingerprint density at radius 3 is 2.28 bits per heavy atom. The van der Waals surface area contributed by atoms with E-state index in [1.165, 1.54) is 0 Å². The number of benzene rings is 3. The fourth-order valence-corrected chi connectivity index (χ4v) is 3.03. The molecular formula is C22H18BrN3O2S. The van der Waals surface area contributed by atoms with Crippen molar-refractivity contribution in [3.8, 4) is 0 Å². The average Bonchev–Trinajstić information content (AvgIpc) is 2.73. The molecule has 3 N–H and O–H groups in total. The summed E-state index contributed by atoms with van der Waals surface area (Å²) in [7, 11) is 0. The summed E-state index contributed by atoms with van der Waals surface area (Å²) in [5, 5.41) is 8.59. The third-order valence-corrected chi connectivity index (χ3v) is 4.74. The van der Waals surface area contributed by atoms with Crippen molar-refractivity contribution in [2.45, 2.75) is 6.54 Å². The second kappa shape index (κ2) is 9.95. The van der Waals surface area contributed by atoms with Crippen LogP contribution in [-0.4, -0.2) is 16.9 Å². The molecule has 0 unspecified atom stereocenters. The molecule has 5 nitrogen and oxygen atoms in total. The molecule has 0 aliphatic carbocycles. The molecule has 0 fully saturated rings. The van der Waals surface area contributed by atoms with E-state index in [1.807, 2.05) is 30.3 Å². The van der Waals surface area contributed by atoms with Gasteiger partial charge in [-0.05, 0) is 60.2 Å². The Labute approximate surface area is 182 Å². The Kier molecular flexibility index (Phi) is 7.10. The molecule has 0 atom stereocenters. The van der Waals surface area contributed by atoms with Crippen LogP contribution >= 0.6 is 28.1 Å². The molecule has 0 radical (unpaired) electrons. The van der Waals surface area contributed by atoms with Crippen LogP contribution < -0.4 is 16.0 Å². The van der Waals surface area contributed by atoms with Gasteiger partial charge in [-0.2, -0.15) is 0 Å². The SMILES string of the molecule is O=C(NCc1ccccc1)c1cccc(NC(=S)NC(=O)c2ccc(Br)cc2)c1. The Balaban J connectivity index is 1.57. The molecule has 0 spiro atoms. The quantitative estimate of drug-likeness (QED) is 0.482. The zero-order valence-electron chi connectivity index (χ0n) is 15.3. The Hall–Kier alpha value is -3.03. The Morgan fingerprint density at radius 2 is 1.55 bits per heavy atom. The highest BCUT2D eigenvalue weighted by molar-refractivity contribution is 9.10. The molecule has 0 saturated carbocycles. The van der Waals surface area contributed by atoms with Crippen LogP contribution in [0.5, 0.6) is 0 Å². The standard InChI is InChI=1S/C22H18BrN3O2S/c23-18-11-9-16(10-12-18)21(28)26-22(29)25-19-8-4-7-17(13-19)20(27)24-14-15-5-2-1-3-6-15/h1-13H,14H2,(H,24,27)(H2,25,26,28,29). The fourth-order valence-electron chi connectivity index (χ4n) is 2.56. The van der Waals surface area contributed by atoms with Crippen LogP contribution in [0, 0.1) is 0 Å². The number of thiocarbonyl (C=S) groups is 1. The first kappa shape index (κ1) is 20.7. The predicted octanol–water partition coefficient (Wildman–Crippen LogP) is 4.51. The van der Waals surface area contributed by atoms with Crippen LogP contribution in [0.4, 0.5) is 5.69 Å². The Bertz CT molecular complexity index is 1020. The van der Waals surface area contributed by atoms with Gasteiger partial charge in [-0.1, -0.05) is 52.3 Å². The number of rotatable bonds is 5. The molecule has 7 heteroatoms. The monoisotopic (exact) mass is 467 g/mol. The zero-order valence-corrected chi connectivity index (χ0v) is 17.7. The van der Waals surface area contributed by atoms with E-state index in [-0.39, 0.29) is 16.9 Å². The van der Waals surface area contributed by atoms with Gasteiger partial charge in [0, 0.05) is 27.8 Å². The van der Waals surface area contributed by atoms with Crippen molar-refractivity contribution < 1.29 is 9.59 Å². The van der Waals surface area contributed by atoms with Crippen LogP contribution in [0.3, 0.4) is 0 Å². The molecule has 0 saturated heterocycles. The van der Waals surface area contributed by atoms with E-state index < -0.39 is 0 Å². The molecule has 3 aromatic carbocycles. The molecule has 0 bridgehead atoms. The molecule has 2 amide bonds. The normalized spacial score (nSPS) is 10.1. The highest BCUT2D eigenvalue weighted by Crippen LogP contribution is 2.12. The van der Waals surface area contributed by atoms with Gasteiger partial charge in [-0.25, -0.2) is 0 Å². The molecule has 146 valence electrons. The van der Waals surface area contributed by atoms with Crippen LogP contribution in [0.2, 0.25) is 0 Å². The van der Waals surface area contributed by atoms with Crippen molar-refractivity contribution in [2.75, 3.05) is 5.32 Å². The van der Waals surface area contributed by atoms with E-state index in [0.29, 0.717) is 23.4 Å². The number of carbonyl (C=O) groups excluding carboxylic acids is 2. The number of hydrogen-bond acceptors (Lipinski definition) is 3. The third-order valence-electron chi connectivity index (χ3n) is 4.01. The molecule has 3 aromatic rings. The molecular weight excluding hydrogens is 450 g/mol. The Morgan fingerprint density at radius 1 is 0.828 bits per heavy atom. The van der Waals surface area contributed by atoms with Crippen LogP contribution in [0.1, 0.15) is 26.3 Å². The lowest BCUT2D eigenvalue weighted by Crippen LogP contribution is -2.34. The first-order valence-electron chi connectivity index (χ1n) is 8.81. The van der Waals surface area contributed by atoms with Crippen LogP contribution in [0.25, 0.3) is 0 Å². The molecule has 0 aromatic heterocycles. The summed E-state index contributed by atoms with van der Waals surface area (Å²) < 4.78 is 0.886. The maximum Gasteiger partial charge on any atom is 0.257 e. The maximum absolute atomic E-state index is 12.4. The van der Waals surface area contributed by atoms with E-state index in [2.05, 4.69) is 31.9 Å². The largest absolute Gasteiger partial charge is 0.348 e. The lowest BCUT2D eigenvalue weighted by Gasteiger charge is -2.11. The fraction of sp³-hybridized carbons (Fsp3) is 0.0455. The topological polar surface area (TPSA) is 70.2 Å². The highest BCUT2D eigenvalue weighted by atomic mass is 79.9. The number of amides is 2. The second-order valence-corrected chi connectivity index (χ2v) is 7.49. The van der Waals surface area contributed by atoms with Gasteiger partial charge in [0.2, 0.25) is 0 Å². The van der Waals surface area contributed by atoms with Gasteiger partial charge in [0.15, 0.2) is 5.11 Å². The summed E-state index contributed by atoms with van der Waals surface area (Å²) in [5.41, 5.74) is 2.62. The van der Waals surface area contributed by atoms with Gasteiger partial charge in [0.05, 0.1) is 0 Å². The van der Waals surface area contributed by atoms with Crippen molar-refractivity contribution >= 4 is 50.8 Å². The van der Waals surface area contributed by atoms with E-state index in [4.69, 9.17) is 12.2 Å². The molecule has 0 aliphatic heterocycles. The predicted molar refractivity (Wildman–Crippen MR) is 122 cm³/mol.